The fourth-order valence-electron chi connectivity index (χ4n) is 3.38. The van der Waals surface area contributed by atoms with Gasteiger partial charge in [0.2, 0.25) is 5.91 Å². The lowest BCUT2D eigenvalue weighted by molar-refractivity contribution is -0.147. The summed E-state index contributed by atoms with van der Waals surface area (Å²) in [5.41, 5.74) is -0.407. The van der Waals surface area contributed by atoms with Gasteiger partial charge < -0.3 is 19.5 Å². The van der Waals surface area contributed by atoms with Crippen LogP contribution in [0.4, 0.5) is 8.78 Å². The number of hydrogen-bond acceptors (Lipinski definition) is 4. The smallest absolute Gasteiger partial charge is 0.387 e. The summed E-state index contributed by atoms with van der Waals surface area (Å²) in [5, 5.41) is 10.8. The number of ether oxygens (including phenoxy) is 2. The molecule has 0 bridgehead atoms. The zero-order chi connectivity index (χ0) is 17.5. The second-order valence-electron chi connectivity index (χ2n) is 6.72. The van der Waals surface area contributed by atoms with Crippen molar-refractivity contribution in [1.82, 2.24) is 4.90 Å². The summed E-state index contributed by atoms with van der Waals surface area (Å²) in [5.74, 6) is 0.401. The van der Waals surface area contributed by atoms with Crippen molar-refractivity contribution in [2.75, 3.05) is 6.54 Å². The van der Waals surface area contributed by atoms with Crippen molar-refractivity contribution in [3.63, 3.8) is 0 Å². The molecular weight excluding hydrogens is 320 g/mol. The Kier molecular flexibility index (Phi) is 4.38. The van der Waals surface area contributed by atoms with Crippen molar-refractivity contribution in [3.8, 4) is 11.5 Å². The van der Waals surface area contributed by atoms with Crippen LogP contribution in [0.25, 0.3) is 0 Å². The fourth-order valence-corrected chi connectivity index (χ4v) is 3.38. The summed E-state index contributed by atoms with van der Waals surface area (Å²) in [6.45, 7) is 1.07. The van der Waals surface area contributed by atoms with Crippen molar-refractivity contribution < 1.29 is 28.2 Å². The van der Waals surface area contributed by atoms with Gasteiger partial charge in [0.1, 0.15) is 23.2 Å². The van der Waals surface area contributed by atoms with Gasteiger partial charge in [0, 0.05) is 18.5 Å². The first-order valence-electron chi connectivity index (χ1n) is 8.05. The summed E-state index contributed by atoms with van der Waals surface area (Å²) in [6.07, 6.45) is 1.11. The molecule has 1 aromatic rings. The molecule has 2 heterocycles. The van der Waals surface area contributed by atoms with Gasteiger partial charge in [-0.3, -0.25) is 4.79 Å². The van der Waals surface area contributed by atoms with Gasteiger partial charge in [-0.1, -0.05) is 0 Å². The number of likely N-dealkylation sites (tertiary alicyclic amines) is 1. The molecule has 0 spiro atoms. The number of amides is 1. The highest BCUT2D eigenvalue weighted by molar-refractivity contribution is 5.77. The van der Waals surface area contributed by atoms with Gasteiger partial charge in [-0.25, -0.2) is 0 Å². The maximum absolute atomic E-state index is 12.5. The molecule has 1 saturated heterocycles. The molecule has 1 fully saturated rings. The zero-order valence-corrected chi connectivity index (χ0v) is 13.7. The van der Waals surface area contributed by atoms with Crippen molar-refractivity contribution in [2.24, 2.45) is 0 Å². The number of nitrogens with zero attached hydrogens (tertiary/aromatic N) is 1. The van der Waals surface area contributed by atoms with E-state index < -0.39 is 24.4 Å². The Hall–Kier alpha value is -1.89. The molecule has 24 heavy (non-hydrogen) atoms. The maximum Gasteiger partial charge on any atom is 0.387 e. The summed E-state index contributed by atoms with van der Waals surface area (Å²) >= 11 is 0. The number of carbonyl (C=O) groups excluding carboxylic acids is 1. The van der Waals surface area contributed by atoms with E-state index in [4.69, 9.17) is 4.74 Å². The van der Waals surface area contributed by atoms with Crippen molar-refractivity contribution in [1.29, 1.82) is 0 Å². The van der Waals surface area contributed by atoms with E-state index in [0.717, 1.165) is 12.8 Å². The van der Waals surface area contributed by atoms with E-state index >= 15 is 0 Å². The van der Waals surface area contributed by atoms with Gasteiger partial charge in [0.25, 0.3) is 0 Å². The minimum Gasteiger partial charge on any atom is -0.485 e. The van der Waals surface area contributed by atoms with Crippen LogP contribution < -0.4 is 9.47 Å². The maximum atomic E-state index is 12.5. The molecule has 0 saturated carbocycles. The van der Waals surface area contributed by atoms with Crippen LogP contribution in [0, 0.1) is 0 Å². The van der Waals surface area contributed by atoms with Crippen LogP contribution >= 0.6 is 0 Å². The average molecular weight is 341 g/mol. The normalized spacial score (nSPS) is 26.1. The summed E-state index contributed by atoms with van der Waals surface area (Å²) in [4.78, 5) is 14.0. The lowest BCUT2D eigenvalue weighted by Crippen LogP contribution is -2.55. The van der Waals surface area contributed by atoms with Crippen molar-refractivity contribution in [2.45, 2.75) is 57.5 Å². The van der Waals surface area contributed by atoms with E-state index in [2.05, 4.69) is 4.74 Å². The minimum atomic E-state index is -2.94. The zero-order valence-electron chi connectivity index (χ0n) is 13.7. The largest absolute Gasteiger partial charge is 0.485 e. The number of benzene rings is 1. The molecule has 2 aliphatic rings. The molecule has 132 valence electrons. The molecular formula is C17H21F2NO4. The Bertz CT molecular complexity index is 635. The number of fused-ring (bicyclic) bond motifs is 1. The van der Waals surface area contributed by atoms with Gasteiger partial charge in [0.05, 0.1) is 6.04 Å². The van der Waals surface area contributed by atoms with Crippen LogP contribution in [0.1, 0.15) is 44.7 Å². The second-order valence-corrected chi connectivity index (χ2v) is 6.72. The first-order chi connectivity index (χ1) is 11.3. The van der Waals surface area contributed by atoms with Gasteiger partial charge in [-0.2, -0.15) is 8.78 Å². The highest BCUT2D eigenvalue weighted by atomic mass is 19.3. The Morgan fingerprint density at radius 2 is 2.12 bits per heavy atom. The molecule has 0 unspecified atom stereocenters. The molecule has 1 aromatic carbocycles. The van der Waals surface area contributed by atoms with Gasteiger partial charge in [0.15, 0.2) is 0 Å². The number of aliphatic hydroxyl groups is 1. The van der Waals surface area contributed by atoms with Gasteiger partial charge in [-0.05, 0) is 44.9 Å². The second kappa shape index (κ2) is 6.20. The molecule has 0 aliphatic carbocycles. The van der Waals surface area contributed by atoms with Crippen LogP contribution in [0.5, 0.6) is 11.5 Å². The van der Waals surface area contributed by atoms with E-state index in [9.17, 15) is 18.7 Å². The molecule has 7 heteroatoms. The molecule has 1 N–H and O–H groups in total. The Labute approximate surface area is 139 Å². The van der Waals surface area contributed by atoms with Crippen molar-refractivity contribution in [3.05, 3.63) is 23.8 Å². The monoisotopic (exact) mass is 341 g/mol. The summed E-state index contributed by atoms with van der Waals surface area (Å²) in [7, 11) is 0. The molecule has 5 nitrogen and oxygen atoms in total. The highest BCUT2D eigenvalue weighted by Crippen LogP contribution is 2.45. The van der Waals surface area contributed by atoms with E-state index in [-0.39, 0.29) is 11.7 Å². The Morgan fingerprint density at radius 3 is 2.79 bits per heavy atom. The minimum absolute atomic E-state index is 0.0197. The SMILES string of the molecule is CC1(C)Oc2ccc(OC(F)F)cc2[C@@H](N2CCCCC2=O)[C@@H]1O. The first kappa shape index (κ1) is 17.0. The first-order valence-corrected chi connectivity index (χ1v) is 8.05. The van der Waals surface area contributed by atoms with E-state index in [1.807, 2.05) is 0 Å². The van der Waals surface area contributed by atoms with Gasteiger partial charge >= 0.3 is 6.61 Å². The lowest BCUT2D eigenvalue weighted by Gasteiger charge is -2.47. The Balaban J connectivity index is 2.04. The van der Waals surface area contributed by atoms with Crippen LogP contribution in [-0.2, 0) is 4.79 Å². The van der Waals surface area contributed by atoms with Crippen molar-refractivity contribution >= 4 is 5.91 Å². The number of aliphatic hydroxyl groups excluding tert-OH is 1. The summed E-state index contributed by atoms with van der Waals surface area (Å²) in [6, 6.07) is 3.72. The van der Waals surface area contributed by atoms with E-state index in [0.29, 0.717) is 24.3 Å². The van der Waals surface area contributed by atoms with Crippen LogP contribution in [0.2, 0.25) is 0 Å². The summed E-state index contributed by atoms with van der Waals surface area (Å²) < 4.78 is 35.3. The number of piperidine rings is 1. The third-order valence-corrected chi connectivity index (χ3v) is 4.61. The Morgan fingerprint density at radius 1 is 1.38 bits per heavy atom. The topological polar surface area (TPSA) is 59.0 Å². The number of alkyl halides is 2. The average Bonchev–Trinajstić information content (AvgIpc) is 2.50. The van der Waals surface area contributed by atoms with Crippen LogP contribution in [0.3, 0.4) is 0 Å². The molecule has 0 aromatic heterocycles. The van der Waals surface area contributed by atoms with Crippen LogP contribution in [-0.4, -0.2) is 40.8 Å². The fraction of sp³-hybridized carbons (Fsp3) is 0.588. The predicted octanol–water partition coefficient (Wildman–Crippen LogP) is 2.87. The standard InChI is InChI=1S/C17H21F2NO4/c1-17(2)15(22)14(20-8-4-3-5-13(20)21)11-9-10(23-16(18)19)6-7-12(11)24-17/h6-7,9,14-16,22H,3-5,8H2,1-2H3/t14-,15+/m1/s1. The lowest BCUT2D eigenvalue weighted by atomic mass is 9.84. The molecule has 2 atom stereocenters. The molecule has 0 radical (unpaired) electrons. The van der Waals surface area contributed by atoms with Crippen LogP contribution in [0.15, 0.2) is 18.2 Å². The molecule has 3 rings (SSSR count). The predicted molar refractivity (Wildman–Crippen MR) is 82.1 cm³/mol. The van der Waals surface area contributed by atoms with Gasteiger partial charge in [-0.15, -0.1) is 0 Å². The molecule has 2 aliphatic heterocycles. The highest BCUT2D eigenvalue weighted by Gasteiger charge is 2.47. The van der Waals surface area contributed by atoms with E-state index in [1.165, 1.54) is 12.1 Å². The quantitative estimate of drug-likeness (QED) is 0.918. The number of halogens is 2. The third kappa shape index (κ3) is 3.05. The number of rotatable bonds is 3. The number of carbonyl (C=O) groups is 1. The van der Waals surface area contributed by atoms with E-state index in [1.54, 1.807) is 24.8 Å². The number of hydrogen-bond donors (Lipinski definition) is 1. The molecule has 1 amide bonds. The third-order valence-electron chi connectivity index (χ3n) is 4.61.